The fourth-order valence-electron chi connectivity index (χ4n) is 4.62. The van der Waals surface area contributed by atoms with E-state index < -0.39 is 8.56 Å². The van der Waals surface area contributed by atoms with E-state index in [1.165, 1.54) is 83.5 Å². The molecule has 2 fully saturated rings. The average molecular weight is 299 g/mol. The molecule has 20 heavy (non-hydrogen) atoms. The van der Waals surface area contributed by atoms with Crippen LogP contribution in [-0.4, -0.2) is 22.8 Å². The minimum Gasteiger partial charge on any atom is -0.397 e. The lowest BCUT2D eigenvalue weighted by Gasteiger charge is -2.40. The predicted molar refractivity (Wildman–Crippen MR) is 87.3 cm³/mol. The van der Waals surface area contributed by atoms with Crippen molar-refractivity contribution in [2.75, 3.05) is 14.2 Å². The van der Waals surface area contributed by atoms with Gasteiger partial charge in [0.1, 0.15) is 0 Å². The normalized spacial score (nSPS) is 24.9. The number of hydrogen-bond donors (Lipinski definition) is 0. The van der Waals surface area contributed by atoms with E-state index >= 15 is 0 Å². The quantitative estimate of drug-likeness (QED) is 0.633. The molecular weight excluding hydrogens is 264 g/mol. The van der Waals surface area contributed by atoms with Crippen LogP contribution in [0.4, 0.5) is 0 Å². The van der Waals surface area contributed by atoms with Crippen molar-refractivity contribution in [2.45, 2.75) is 94.6 Å². The second kappa shape index (κ2) is 8.55. The molecule has 0 heterocycles. The lowest BCUT2D eigenvalue weighted by molar-refractivity contribution is 0.207. The first kappa shape index (κ1) is 16.5. The lowest BCUT2D eigenvalue weighted by Crippen LogP contribution is -2.49. The largest absolute Gasteiger partial charge is 0.397 e. The van der Waals surface area contributed by atoms with Crippen molar-refractivity contribution >= 4 is 8.56 Å². The Morgan fingerprint density at radius 2 is 0.850 bits per heavy atom. The molecule has 0 bridgehead atoms. The molecule has 0 amide bonds. The third kappa shape index (κ3) is 3.86. The SMILES string of the molecule is CO[Si](OC)(C1CCCCCCCCC1)C1CCCC1. The van der Waals surface area contributed by atoms with E-state index in [0.29, 0.717) is 0 Å². The van der Waals surface area contributed by atoms with E-state index in [1.54, 1.807) is 0 Å². The highest BCUT2D eigenvalue weighted by molar-refractivity contribution is 6.70. The van der Waals surface area contributed by atoms with Gasteiger partial charge in [-0.2, -0.15) is 0 Å². The zero-order valence-electron chi connectivity index (χ0n) is 13.7. The molecule has 2 nitrogen and oxygen atoms in total. The summed E-state index contributed by atoms with van der Waals surface area (Å²) in [7, 11) is 1.87. The Morgan fingerprint density at radius 3 is 1.20 bits per heavy atom. The van der Waals surface area contributed by atoms with Gasteiger partial charge in [-0.05, 0) is 25.7 Å². The highest BCUT2D eigenvalue weighted by Crippen LogP contribution is 2.48. The maximum Gasteiger partial charge on any atom is 0.344 e. The predicted octanol–water partition coefficient (Wildman–Crippen LogP) is 5.56. The molecule has 0 spiro atoms. The smallest absolute Gasteiger partial charge is 0.344 e. The summed E-state index contributed by atoms with van der Waals surface area (Å²) in [4.78, 5) is 0. The monoisotopic (exact) mass is 298 g/mol. The highest BCUT2D eigenvalue weighted by atomic mass is 28.4. The Kier molecular flexibility index (Phi) is 7.06. The van der Waals surface area contributed by atoms with Crippen LogP contribution in [0, 0.1) is 0 Å². The van der Waals surface area contributed by atoms with Crippen LogP contribution < -0.4 is 0 Å². The Balaban J connectivity index is 2.07. The average Bonchev–Trinajstić information content (AvgIpc) is 3.02. The first-order chi connectivity index (χ1) is 9.83. The van der Waals surface area contributed by atoms with Crippen LogP contribution in [-0.2, 0) is 8.85 Å². The molecule has 118 valence electrons. The fraction of sp³-hybridized carbons (Fsp3) is 1.00. The third-order valence-electron chi connectivity index (χ3n) is 5.74. The van der Waals surface area contributed by atoms with Crippen molar-refractivity contribution in [3.63, 3.8) is 0 Å². The first-order valence-corrected chi connectivity index (χ1v) is 10.9. The third-order valence-corrected chi connectivity index (χ3v) is 10.4. The molecule has 2 aliphatic carbocycles. The summed E-state index contributed by atoms with van der Waals surface area (Å²) in [5, 5.41) is 0. The summed E-state index contributed by atoms with van der Waals surface area (Å²) in [6.45, 7) is 0. The van der Waals surface area contributed by atoms with E-state index in [0.717, 1.165) is 11.1 Å². The topological polar surface area (TPSA) is 18.5 Å². The Morgan fingerprint density at radius 1 is 0.550 bits per heavy atom. The molecule has 2 rings (SSSR count). The van der Waals surface area contributed by atoms with Crippen LogP contribution in [0.3, 0.4) is 0 Å². The van der Waals surface area contributed by atoms with Gasteiger partial charge in [-0.1, -0.05) is 57.8 Å². The summed E-state index contributed by atoms with van der Waals surface area (Å²) in [6, 6.07) is 0. The maximum absolute atomic E-state index is 6.20. The number of rotatable bonds is 4. The molecule has 0 unspecified atom stereocenters. The van der Waals surface area contributed by atoms with Crippen LogP contribution in [0.15, 0.2) is 0 Å². The fourth-order valence-corrected chi connectivity index (χ4v) is 9.22. The minimum atomic E-state index is -2.00. The Bertz CT molecular complexity index is 250. The van der Waals surface area contributed by atoms with E-state index in [4.69, 9.17) is 8.85 Å². The van der Waals surface area contributed by atoms with E-state index in [-0.39, 0.29) is 0 Å². The lowest BCUT2D eigenvalue weighted by atomic mass is 10.0. The van der Waals surface area contributed by atoms with Crippen LogP contribution in [0.25, 0.3) is 0 Å². The minimum absolute atomic E-state index is 0.735. The molecule has 2 aliphatic rings. The summed E-state index contributed by atoms with van der Waals surface area (Å²) in [5.74, 6) is 0. The van der Waals surface area contributed by atoms with Crippen LogP contribution >= 0.6 is 0 Å². The molecular formula is C17H34O2Si. The molecule has 0 aliphatic heterocycles. The van der Waals surface area contributed by atoms with Crippen molar-refractivity contribution in [1.82, 2.24) is 0 Å². The van der Waals surface area contributed by atoms with Gasteiger partial charge < -0.3 is 8.85 Å². The van der Waals surface area contributed by atoms with Gasteiger partial charge in [-0.15, -0.1) is 0 Å². The van der Waals surface area contributed by atoms with E-state index in [9.17, 15) is 0 Å². The van der Waals surface area contributed by atoms with Gasteiger partial charge in [-0.3, -0.25) is 0 Å². The number of hydrogen-bond acceptors (Lipinski definition) is 2. The second-order valence-corrected chi connectivity index (χ2v) is 10.8. The van der Waals surface area contributed by atoms with Crippen molar-refractivity contribution in [2.24, 2.45) is 0 Å². The van der Waals surface area contributed by atoms with Crippen molar-refractivity contribution < 1.29 is 8.85 Å². The summed E-state index contributed by atoms with van der Waals surface area (Å²) < 4.78 is 12.4. The molecule has 0 aromatic carbocycles. The van der Waals surface area contributed by atoms with Gasteiger partial charge in [-0.25, -0.2) is 0 Å². The molecule has 0 aromatic heterocycles. The zero-order valence-corrected chi connectivity index (χ0v) is 14.7. The second-order valence-electron chi connectivity index (χ2n) is 6.86. The van der Waals surface area contributed by atoms with Crippen LogP contribution in [0.1, 0.15) is 83.5 Å². The summed E-state index contributed by atoms with van der Waals surface area (Å²) in [5.41, 5.74) is 1.49. The first-order valence-electron chi connectivity index (χ1n) is 8.94. The van der Waals surface area contributed by atoms with E-state index in [1.807, 2.05) is 14.2 Å². The van der Waals surface area contributed by atoms with Crippen LogP contribution in [0.5, 0.6) is 0 Å². The molecule has 0 aromatic rings. The Hall–Kier alpha value is 0.137. The highest BCUT2D eigenvalue weighted by Gasteiger charge is 2.51. The summed E-state index contributed by atoms with van der Waals surface area (Å²) in [6.07, 6.45) is 18.1. The molecule has 3 heteroatoms. The van der Waals surface area contributed by atoms with Crippen molar-refractivity contribution in [3.05, 3.63) is 0 Å². The van der Waals surface area contributed by atoms with Crippen molar-refractivity contribution in [3.8, 4) is 0 Å². The van der Waals surface area contributed by atoms with Crippen molar-refractivity contribution in [1.29, 1.82) is 0 Å². The van der Waals surface area contributed by atoms with Gasteiger partial charge in [0.05, 0.1) is 0 Å². The van der Waals surface area contributed by atoms with Gasteiger partial charge in [0.15, 0.2) is 0 Å². The van der Waals surface area contributed by atoms with Crippen LogP contribution in [0.2, 0.25) is 11.1 Å². The molecule has 0 atom stereocenters. The molecule has 0 N–H and O–H groups in total. The van der Waals surface area contributed by atoms with E-state index in [2.05, 4.69) is 0 Å². The molecule has 2 saturated carbocycles. The summed E-state index contributed by atoms with van der Waals surface area (Å²) >= 11 is 0. The van der Waals surface area contributed by atoms with Gasteiger partial charge >= 0.3 is 8.56 Å². The zero-order chi connectivity index (χ0) is 14.3. The van der Waals surface area contributed by atoms with Gasteiger partial charge in [0.2, 0.25) is 0 Å². The van der Waals surface area contributed by atoms with Gasteiger partial charge in [0.25, 0.3) is 0 Å². The maximum atomic E-state index is 6.20. The van der Waals surface area contributed by atoms with Gasteiger partial charge in [0, 0.05) is 25.3 Å². The standard InChI is InChI=1S/C17H34O2Si/c1-18-20(19-2,17-14-10-11-15-17)16-12-8-6-4-3-5-7-9-13-16/h16-17H,3-15H2,1-2H3. The molecule has 0 saturated heterocycles. The Labute approximate surface area is 126 Å². The molecule has 0 radical (unpaired) electrons.